The molecule has 0 spiro atoms. The Labute approximate surface area is 159 Å². The van der Waals surface area contributed by atoms with Gasteiger partial charge in [-0.05, 0) is 30.5 Å². The number of likely N-dealkylation sites (tertiary alicyclic amines) is 1. The molecule has 0 bridgehead atoms. The van der Waals surface area contributed by atoms with Crippen molar-refractivity contribution >= 4 is 11.7 Å². The molecule has 1 unspecified atom stereocenters. The van der Waals surface area contributed by atoms with Gasteiger partial charge in [0.05, 0.1) is 12.1 Å². The topological polar surface area (TPSA) is 63.4 Å². The van der Waals surface area contributed by atoms with Gasteiger partial charge in [0.25, 0.3) is 12.2 Å². The fraction of sp³-hybridized carbons (Fsp3) is 0.368. The van der Waals surface area contributed by atoms with Crippen LogP contribution in [-0.4, -0.2) is 43.5 Å². The van der Waals surface area contributed by atoms with Crippen LogP contribution in [0.3, 0.4) is 0 Å². The van der Waals surface area contributed by atoms with E-state index in [0.717, 1.165) is 17.4 Å². The van der Waals surface area contributed by atoms with E-state index in [2.05, 4.69) is 15.1 Å². The zero-order valence-electron chi connectivity index (χ0n) is 14.9. The normalized spacial score (nSPS) is 17.4. The van der Waals surface area contributed by atoms with E-state index in [1.807, 2.05) is 0 Å². The molecule has 1 aromatic carbocycles. The fourth-order valence-corrected chi connectivity index (χ4v) is 3.58. The number of benzene rings is 1. The number of piperidine rings is 1. The van der Waals surface area contributed by atoms with Crippen molar-refractivity contribution in [3.8, 4) is 0 Å². The monoisotopic (exact) mass is 389 g/mol. The number of hydrogen-bond donors (Lipinski definition) is 0. The molecule has 3 aromatic rings. The first-order chi connectivity index (χ1) is 13.5. The van der Waals surface area contributed by atoms with Gasteiger partial charge in [0.15, 0.2) is 0 Å². The molecule has 1 saturated heterocycles. The van der Waals surface area contributed by atoms with Crippen molar-refractivity contribution in [2.45, 2.75) is 31.6 Å². The summed E-state index contributed by atoms with van der Waals surface area (Å²) in [6, 6.07) is 7.51. The molecule has 6 nitrogen and oxygen atoms in total. The van der Waals surface area contributed by atoms with Gasteiger partial charge in [-0.3, -0.25) is 4.79 Å². The first-order valence-corrected chi connectivity index (χ1v) is 9.03. The average Bonchev–Trinajstić information content (AvgIpc) is 3.17. The van der Waals surface area contributed by atoms with Crippen LogP contribution < -0.4 is 0 Å². The Morgan fingerprint density at radius 2 is 2.11 bits per heavy atom. The van der Waals surface area contributed by atoms with Gasteiger partial charge < -0.3 is 4.90 Å². The maximum Gasteiger partial charge on any atom is 0.280 e. The van der Waals surface area contributed by atoms with Gasteiger partial charge in [-0.2, -0.15) is 14.6 Å². The van der Waals surface area contributed by atoms with E-state index < -0.39 is 12.2 Å². The smallest absolute Gasteiger partial charge is 0.280 e. The number of amides is 1. The molecule has 0 saturated carbocycles. The first-order valence-electron chi connectivity index (χ1n) is 9.03. The Hall–Kier alpha value is -2.97. The summed E-state index contributed by atoms with van der Waals surface area (Å²) in [5.74, 6) is -0.669. The van der Waals surface area contributed by atoms with Crippen molar-refractivity contribution in [1.29, 1.82) is 0 Å². The van der Waals surface area contributed by atoms with Crippen LogP contribution in [-0.2, 0) is 11.2 Å². The number of carbonyl (C=O) groups is 1. The summed E-state index contributed by atoms with van der Waals surface area (Å²) in [6.07, 6.45) is -0.115. The molecule has 1 aliphatic rings. The molecular formula is C19H18F3N5O. The van der Waals surface area contributed by atoms with Gasteiger partial charge >= 0.3 is 0 Å². The number of fused-ring (bicyclic) bond motifs is 1. The highest BCUT2D eigenvalue weighted by Gasteiger charge is 2.28. The molecule has 1 aliphatic heterocycles. The maximum atomic E-state index is 13.8. The highest BCUT2D eigenvalue weighted by atomic mass is 19.3. The minimum atomic E-state index is -2.71. The van der Waals surface area contributed by atoms with E-state index in [-0.39, 0.29) is 29.7 Å². The molecule has 146 valence electrons. The molecule has 0 radical (unpaired) electrons. The van der Waals surface area contributed by atoms with E-state index in [1.165, 1.54) is 18.5 Å². The first kappa shape index (κ1) is 18.4. The number of rotatable bonds is 4. The second-order valence-corrected chi connectivity index (χ2v) is 6.83. The van der Waals surface area contributed by atoms with Crippen molar-refractivity contribution in [2.24, 2.45) is 0 Å². The Kier molecular flexibility index (Phi) is 4.97. The van der Waals surface area contributed by atoms with Crippen LogP contribution >= 0.6 is 0 Å². The third-order valence-electron chi connectivity index (χ3n) is 5.01. The predicted octanol–water partition coefficient (Wildman–Crippen LogP) is 3.15. The molecule has 4 rings (SSSR count). The summed E-state index contributed by atoms with van der Waals surface area (Å²) < 4.78 is 41.6. The fourth-order valence-electron chi connectivity index (χ4n) is 3.58. The summed E-state index contributed by atoms with van der Waals surface area (Å²) in [4.78, 5) is 22.6. The van der Waals surface area contributed by atoms with E-state index >= 15 is 0 Å². The quantitative estimate of drug-likeness (QED) is 0.688. The third-order valence-corrected chi connectivity index (χ3v) is 5.01. The Morgan fingerprint density at radius 3 is 2.89 bits per heavy atom. The SMILES string of the molecule is O=C(Cc1ccccc1F)N1CCCC(c2cc(C(F)F)n3ncnc3n2)C1. The van der Waals surface area contributed by atoms with E-state index in [0.29, 0.717) is 24.3 Å². The number of aromatic nitrogens is 4. The standard InChI is InChI=1S/C19H18F3N5O/c20-14-6-2-1-4-12(14)8-17(28)26-7-3-5-13(10-26)15-9-16(18(21)22)27-19(25-15)23-11-24-27/h1-2,4,6,9,11,13,18H,3,5,7-8,10H2. The van der Waals surface area contributed by atoms with Gasteiger partial charge in [0.2, 0.25) is 5.91 Å². The zero-order chi connectivity index (χ0) is 19.7. The minimum absolute atomic E-state index is 0.0294. The van der Waals surface area contributed by atoms with Gasteiger partial charge in [0.1, 0.15) is 17.8 Å². The lowest BCUT2D eigenvalue weighted by atomic mass is 9.93. The number of hydrogen-bond acceptors (Lipinski definition) is 4. The van der Waals surface area contributed by atoms with Crippen molar-refractivity contribution in [3.05, 3.63) is 59.4 Å². The second-order valence-electron chi connectivity index (χ2n) is 6.83. The molecule has 28 heavy (non-hydrogen) atoms. The lowest BCUT2D eigenvalue weighted by Gasteiger charge is -2.32. The van der Waals surface area contributed by atoms with Crippen LogP contribution in [0.15, 0.2) is 36.7 Å². The molecule has 0 N–H and O–H groups in total. The molecule has 0 aliphatic carbocycles. The zero-order valence-corrected chi connectivity index (χ0v) is 14.9. The summed E-state index contributed by atoms with van der Waals surface area (Å²) in [5, 5.41) is 3.79. The van der Waals surface area contributed by atoms with Crippen LogP contribution in [0, 0.1) is 5.82 Å². The number of nitrogens with zero attached hydrogens (tertiary/aromatic N) is 5. The van der Waals surface area contributed by atoms with Gasteiger partial charge in [-0.1, -0.05) is 18.2 Å². The van der Waals surface area contributed by atoms with Crippen LogP contribution in [0.4, 0.5) is 13.2 Å². The minimum Gasteiger partial charge on any atom is -0.342 e. The van der Waals surface area contributed by atoms with Crippen LogP contribution in [0.2, 0.25) is 0 Å². The third kappa shape index (κ3) is 3.56. The van der Waals surface area contributed by atoms with Gasteiger partial charge in [-0.15, -0.1) is 0 Å². The molecule has 9 heteroatoms. The van der Waals surface area contributed by atoms with E-state index in [1.54, 1.807) is 23.1 Å². The second kappa shape index (κ2) is 7.57. The Bertz CT molecular complexity index is 1010. The predicted molar refractivity (Wildman–Crippen MR) is 94.4 cm³/mol. The van der Waals surface area contributed by atoms with Gasteiger partial charge in [-0.25, -0.2) is 18.2 Å². The molecule has 2 aromatic heterocycles. The molecular weight excluding hydrogens is 371 g/mol. The molecule has 1 fully saturated rings. The summed E-state index contributed by atoms with van der Waals surface area (Å²) >= 11 is 0. The van der Waals surface area contributed by atoms with Crippen LogP contribution in [0.1, 0.15) is 42.1 Å². The Morgan fingerprint density at radius 1 is 1.29 bits per heavy atom. The molecule has 1 amide bonds. The highest BCUT2D eigenvalue weighted by molar-refractivity contribution is 5.79. The van der Waals surface area contributed by atoms with Crippen molar-refractivity contribution < 1.29 is 18.0 Å². The Balaban J connectivity index is 1.55. The van der Waals surface area contributed by atoms with Crippen molar-refractivity contribution in [2.75, 3.05) is 13.1 Å². The lowest BCUT2D eigenvalue weighted by Crippen LogP contribution is -2.40. The maximum absolute atomic E-state index is 13.8. The largest absolute Gasteiger partial charge is 0.342 e. The number of halogens is 3. The number of carbonyl (C=O) groups excluding carboxylic acids is 1. The summed E-state index contributed by atoms with van der Waals surface area (Å²) in [6.45, 7) is 0.909. The molecule has 3 heterocycles. The lowest BCUT2D eigenvalue weighted by molar-refractivity contribution is -0.131. The van der Waals surface area contributed by atoms with Crippen LogP contribution in [0.25, 0.3) is 5.78 Å². The van der Waals surface area contributed by atoms with E-state index in [9.17, 15) is 18.0 Å². The summed E-state index contributed by atoms with van der Waals surface area (Å²) in [7, 11) is 0. The van der Waals surface area contributed by atoms with Crippen molar-refractivity contribution in [3.63, 3.8) is 0 Å². The number of alkyl halides is 2. The van der Waals surface area contributed by atoms with E-state index in [4.69, 9.17) is 0 Å². The molecule has 1 atom stereocenters. The average molecular weight is 389 g/mol. The summed E-state index contributed by atoms with van der Waals surface area (Å²) in [5.41, 5.74) is 0.545. The van der Waals surface area contributed by atoms with Gasteiger partial charge in [0, 0.05) is 19.0 Å². The van der Waals surface area contributed by atoms with Crippen molar-refractivity contribution in [1.82, 2.24) is 24.5 Å². The highest BCUT2D eigenvalue weighted by Crippen LogP contribution is 2.29. The van der Waals surface area contributed by atoms with Crippen LogP contribution in [0.5, 0.6) is 0 Å².